The van der Waals surface area contributed by atoms with Gasteiger partial charge in [0.25, 0.3) is 0 Å². The number of hydrogen-bond donors (Lipinski definition) is 0. The predicted molar refractivity (Wildman–Crippen MR) is 83.4 cm³/mol. The molecule has 2 aromatic carbocycles. The van der Waals surface area contributed by atoms with Crippen LogP contribution in [0, 0.1) is 20.8 Å². The normalized spacial score (nSPS) is 9.90. The van der Waals surface area contributed by atoms with E-state index >= 15 is 0 Å². The molecule has 0 aliphatic rings. The van der Waals surface area contributed by atoms with Gasteiger partial charge in [0, 0.05) is 0 Å². The lowest BCUT2D eigenvalue weighted by molar-refractivity contribution is -0.138. The van der Waals surface area contributed by atoms with Gasteiger partial charge < -0.3 is 0 Å². The van der Waals surface area contributed by atoms with Crippen molar-refractivity contribution in [1.29, 1.82) is 0 Å². The quantitative estimate of drug-likeness (QED) is 0.532. The average Bonchev–Trinajstić information content (AvgIpc) is 2.40. The molecule has 0 fully saturated rings. The van der Waals surface area contributed by atoms with Gasteiger partial charge in [-0.3, -0.25) is 0 Å². The number of rotatable bonds is 0. The number of halogens is 3. The summed E-state index contributed by atoms with van der Waals surface area (Å²) in [6.45, 7) is 9.66. The Balaban J connectivity index is 0.000000354. The molecule has 116 valence electrons. The van der Waals surface area contributed by atoms with E-state index in [4.69, 9.17) is 0 Å². The highest BCUT2D eigenvalue weighted by molar-refractivity contribution is 5.27. The van der Waals surface area contributed by atoms with Crippen molar-refractivity contribution in [2.75, 3.05) is 0 Å². The Labute approximate surface area is 125 Å². The van der Waals surface area contributed by atoms with Gasteiger partial charge in [-0.05, 0) is 32.4 Å². The highest BCUT2D eigenvalue weighted by Gasteiger charge is 2.31. The molecule has 0 radical (unpaired) electrons. The maximum absolute atomic E-state index is 12.0. The zero-order valence-corrected chi connectivity index (χ0v) is 13.3. The monoisotopic (exact) mass is 296 g/mol. The summed E-state index contributed by atoms with van der Waals surface area (Å²) >= 11 is 0. The van der Waals surface area contributed by atoms with E-state index < -0.39 is 11.7 Å². The molecule has 21 heavy (non-hydrogen) atoms. The van der Waals surface area contributed by atoms with Crippen LogP contribution in [-0.2, 0) is 6.18 Å². The molecule has 0 N–H and O–H groups in total. The summed E-state index contributed by atoms with van der Waals surface area (Å²) in [6.07, 6.45) is -4.22. The third kappa shape index (κ3) is 7.54. The Morgan fingerprint density at radius 2 is 1.19 bits per heavy atom. The van der Waals surface area contributed by atoms with Crippen LogP contribution in [0.5, 0.6) is 0 Å². The van der Waals surface area contributed by atoms with Crippen molar-refractivity contribution in [3.63, 3.8) is 0 Å². The number of alkyl halides is 3. The zero-order valence-electron chi connectivity index (χ0n) is 13.3. The van der Waals surface area contributed by atoms with Crippen molar-refractivity contribution >= 4 is 0 Å². The maximum Gasteiger partial charge on any atom is 0.416 e. The third-order valence-corrected chi connectivity index (χ3v) is 2.62. The fourth-order valence-electron chi connectivity index (χ4n) is 1.70. The second kappa shape index (κ2) is 9.22. The van der Waals surface area contributed by atoms with Crippen LogP contribution in [0.2, 0.25) is 0 Å². The first-order valence-electron chi connectivity index (χ1n) is 6.97. The van der Waals surface area contributed by atoms with Gasteiger partial charge in [0.1, 0.15) is 0 Å². The van der Waals surface area contributed by atoms with Gasteiger partial charge >= 0.3 is 6.18 Å². The van der Waals surface area contributed by atoms with Gasteiger partial charge in [-0.15, -0.1) is 0 Å². The SMILES string of the molecule is CC.Cc1cccc(C)c1.Cc1ccccc1C(F)(F)F. The van der Waals surface area contributed by atoms with Crippen LogP contribution >= 0.6 is 0 Å². The molecular formula is C18H23F3. The lowest BCUT2D eigenvalue weighted by Gasteiger charge is -2.08. The van der Waals surface area contributed by atoms with Crippen molar-refractivity contribution in [3.05, 3.63) is 70.8 Å². The Morgan fingerprint density at radius 1 is 0.714 bits per heavy atom. The Kier molecular flexibility index (Phi) is 8.44. The number of hydrogen-bond acceptors (Lipinski definition) is 0. The number of aryl methyl sites for hydroxylation is 3. The largest absolute Gasteiger partial charge is 0.416 e. The first-order chi connectivity index (χ1) is 9.80. The summed E-state index contributed by atoms with van der Waals surface area (Å²) in [5.41, 5.74) is 2.38. The molecule has 0 aliphatic heterocycles. The summed E-state index contributed by atoms with van der Waals surface area (Å²) in [4.78, 5) is 0. The van der Waals surface area contributed by atoms with E-state index in [0.717, 1.165) is 6.07 Å². The lowest BCUT2D eigenvalue weighted by Crippen LogP contribution is -2.06. The summed E-state index contributed by atoms with van der Waals surface area (Å²) in [6, 6.07) is 13.9. The number of benzene rings is 2. The molecule has 0 aliphatic carbocycles. The van der Waals surface area contributed by atoms with Crippen molar-refractivity contribution in [2.45, 2.75) is 40.8 Å². The average molecular weight is 296 g/mol. The zero-order chi connectivity index (χ0) is 16.5. The summed E-state index contributed by atoms with van der Waals surface area (Å²) in [7, 11) is 0. The van der Waals surface area contributed by atoms with Crippen LogP contribution in [0.15, 0.2) is 48.5 Å². The summed E-state index contributed by atoms with van der Waals surface area (Å²) in [5, 5.41) is 0. The molecular weight excluding hydrogens is 273 g/mol. The van der Waals surface area contributed by atoms with Gasteiger partial charge in [0.2, 0.25) is 0 Å². The van der Waals surface area contributed by atoms with Crippen molar-refractivity contribution in [3.8, 4) is 0 Å². The van der Waals surface area contributed by atoms with Crippen molar-refractivity contribution in [2.24, 2.45) is 0 Å². The first-order valence-corrected chi connectivity index (χ1v) is 6.97. The minimum Gasteiger partial charge on any atom is -0.166 e. The first kappa shape index (κ1) is 19.2. The molecule has 2 aromatic rings. The Morgan fingerprint density at radius 3 is 1.48 bits per heavy atom. The van der Waals surface area contributed by atoms with Crippen molar-refractivity contribution < 1.29 is 13.2 Å². The molecule has 0 atom stereocenters. The van der Waals surface area contributed by atoms with E-state index in [1.54, 1.807) is 6.07 Å². The molecule has 0 unspecified atom stereocenters. The molecule has 0 aromatic heterocycles. The van der Waals surface area contributed by atoms with Crippen molar-refractivity contribution in [1.82, 2.24) is 0 Å². The molecule has 0 heterocycles. The predicted octanol–water partition coefficient (Wildman–Crippen LogP) is 6.34. The van der Waals surface area contributed by atoms with E-state index in [9.17, 15) is 13.2 Å². The molecule has 0 saturated heterocycles. The maximum atomic E-state index is 12.0. The molecule has 0 nitrogen and oxygen atoms in total. The van der Waals surface area contributed by atoms with E-state index in [2.05, 4.69) is 38.1 Å². The van der Waals surface area contributed by atoms with Gasteiger partial charge in [-0.2, -0.15) is 13.2 Å². The van der Waals surface area contributed by atoms with E-state index in [1.165, 1.54) is 30.2 Å². The van der Waals surface area contributed by atoms with Crippen LogP contribution in [0.25, 0.3) is 0 Å². The van der Waals surface area contributed by atoms with Crippen LogP contribution in [0.1, 0.15) is 36.1 Å². The standard InChI is InChI=1S/C8H7F3.C8H10.C2H6/c1-6-4-2-3-5-7(6)8(9,10)11;1-7-4-3-5-8(2)6-7;1-2/h2-5H,1H3;3-6H,1-2H3;1-2H3. The molecule has 3 heteroatoms. The second-order valence-corrected chi connectivity index (χ2v) is 4.47. The van der Waals surface area contributed by atoms with Crippen LogP contribution < -0.4 is 0 Å². The molecule has 0 spiro atoms. The van der Waals surface area contributed by atoms with E-state index in [1.807, 2.05) is 13.8 Å². The van der Waals surface area contributed by atoms with Crippen LogP contribution in [-0.4, -0.2) is 0 Å². The fraction of sp³-hybridized carbons (Fsp3) is 0.333. The fourth-order valence-corrected chi connectivity index (χ4v) is 1.70. The topological polar surface area (TPSA) is 0 Å². The minimum atomic E-state index is -4.22. The van der Waals surface area contributed by atoms with Crippen LogP contribution in [0.4, 0.5) is 13.2 Å². The highest BCUT2D eigenvalue weighted by atomic mass is 19.4. The lowest BCUT2D eigenvalue weighted by atomic mass is 10.1. The van der Waals surface area contributed by atoms with Gasteiger partial charge in [-0.25, -0.2) is 0 Å². The van der Waals surface area contributed by atoms with Crippen LogP contribution in [0.3, 0.4) is 0 Å². The summed E-state index contributed by atoms with van der Waals surface area (Å²) < 4.78 is 36.1. The minimum absolute atomic E-state index is 0.264. The molecule has 2 rings (SSSR count). The molecule has 0 amide bonds. The van der Waals surface area contributed by atoms with Gasteiger partial charge in [0.05, 0.1) is 5.56 Å². The summed E-state index contributed by atoms with van der Waals surface area (Å²) in [5.74, 6) is 0. The Bertz CT molecular complexity index is 511. The van der Waals surface area contributed by atoms with E-state index in [-0.39, 0.29) is 5.56 Å². The Hall–Kier alpha value is -1.77. The highest BCUT2D eigenvalue weighted by Crippen LogP contribution is 2.31. The second-order valence-electron chi connectivity index (χ2n) is 4.47. The molecule has 0 saturated carbocycles. The van der Waals surface area contributed by atoms with E-state index in [0.29, 0.717) is 0 Å². The molecule has 0 bridgehead atoms. The third-order valence-electron chi connectivity index (χ3n) is 2.62. The van der Waals surface area contributed by atoms with Gasteiger partial charge in [-0.1, -0.05) is 67.4 Å². The smallest absolute Gasteiger partial charge is 0.166 e. The van der Waals surface area contributed by atoms with Gasteiger partial charge in [0.15, 0.2) is 0 Å².